The Hall–Kier alpha value is -2.19. The lowest BCUT2D eigenvalue weighted by atomic mass is 9.95. The fourth-order valence-electron chi connectivity index (χ4n) is 4.87. The van der Waals surface area contributed by atoms with Crippen LogP contribution in [0.25, 0.3) is 0 Å². The second-order valence-electron chi connectivity index (χ2n) is 9.19. The predicted octanol–water partition coefficient (Wildman–Crippen LogP) is 4.23. The van der Waals surface area contributed by atoms with Gasteiger partial charge in [-0.15, -0.1) is 0 Å². The molecule has 0 spiro atoms. The highest BCUT2D eigenvalue weighted by atomic mass is 28.4. The van der Waals surface area contributed by atoms with E-state index in [2.05, 4.69) is 18.3 Å². The van der Waals surface area contributed by atoms with E-state index in [0.29, 0.717) is 17.7 Å². The number of ether oxygens (including phenoxy) is 2. The topological polar surface area (TPSA) is 88.0 Å². The van der Waals surface area contributed by atoms with Gasteiger partial charge in [0.05, 0.1) is 19.3 Å². The summed E-state index contributed by atoms with van der Waals surface area (Å²) in [6, 6.07) is 14.9. The number of rotatable bonds is 9. The summed E-state index contributed by atoms with van der Waals surface area (Å²) in [6.07, 6.45) is 2.18. The van der Waals surface area contributed by atoms with Gasteiger partial charge in [0.1, 0.15) is 5.75 Å². The average Bonchev–Trinajstić information content (AvgIpc) is 3.08. The van der Waals surface area contributed by atoms with Crippen molar-refractivity contribution in [2.75, 3.05) is 19.0 Å². The molecule has 1 aliphatic rings. The quantitative estimate of drug-likeness (QED) is 0.491. The molecule has 1 amide bonds. The second-order valence-corrected chi connectivity index (χ2v) is 13.2. The van der Waals surface area contributed by atoms with E-state index in [1.165, 1.54) is 0 Å². The first-order chi connectivity index (χ1) is 15.2. The number of benzene rings is 2. The zero-order valence-corrected chi connectivity index (χ0v) is 20.4. The number of amides is 1. The molecule has 1 heterocycles. The smallest absolute Gasteiger partial charge is 0.255 e. The van der Waals surface area contributed by atoms with Crippen molar-refractivity contribution in [2.24, 2.45) is 5.92 Å². The largest absolute Gasteiger partial charge is 0.497 e. The third kappa shape index (κ3) is 5.98. The normalized spacial score (nSPS) is 23.2. The molecule has 174 valence electrons. The van der Waals surface area contributed by atoms with Crippen molar-refractivity contribution in [3.8, 4) is 5.75 Å². The van der Waals surface area contributed by atoms with Crippen LogP contribution in [0.5, 0.6) is 5.75 Å². The summed E-state index contributed by atoms with van der Waals surface area (Å²) in [5.41, 5.74) is 2.57. The Balaban J connectivity index is 1.61. The Morgan fingerprint density at radius 1 is 1.12 bits per heavy atom. The third-order valence-corrected chi connectivity index (χ3v) is 8.92. The maximum absolute atomic E-state index is 12.6. The second kappa shape index (κ2) is 10.6. The Morgan fingerprint density at radius 3 is 2.47 bits per heavy atom. The van der Waals surface area contributed by atoms with Gasteiger partial charge in [-0.3, -0.25) is 4.79 Å². The van der Waals surface area contributed by atoms with E-state index in [4.69, 9.17) is 9.47 Å². The van der Waals surface area contributed by atoms with Gasteiger partial charge in [-0.25, -0.2) is 0 Å². The lowest BCUT2D eigenvalue weighted by molar-refractivity contribution is 0.0192. The van der Waals surface area contributed by atoms with Crippen LogP contribution in [0.2, 0.25) is 18.6 Å². The summed E-state index contributed by atoms with van der Waals surface area (Å²) < 4.78 is 11.4. The van der Waals surface area contributed by atoms with E-state index in [0.717, 1.165) is 24.1 Å². The summed E-state index contributed by atoms with van der Waals surface area (Å²) in [6.45, 7) is 6.14. The number of methoxy groups -OCH3 is 1. The Labute approximate surface area is 191 Å². The van der Waals surface area contributed by atoms with Crippen molar-refractivity contribution < 1.29 is 24.2 Å². The molecular formula is C25H35NO5Si. The molecule has 3 N–H and O–H groups in total. The number of hydrogen-bond donors (Lipinski definition) is 3. The maximum Gasteiger partial charge on any atom is 0.255 e. The van der Waals surface area contributed by atoms with Crippen LogP contribution in [0.3, 0.4) is 0 Å². The molecule has 0 aromatic heterocycles. The molecule has 32 heavy (non-hydrogen) atoms. The van der Waals surface area contributed by atoms with Crippen molar-refractivity contribution in [3.63, 3.8) is 0 Å². The Bertz CT molecular complexity index is 896. The first-order valence-electron chi connectivity index (χ1n) is 11.3. The van der Waals surface area contributed by atoms with Crippen molar-refractivity contribution in [1.29, 1.82) is 0 Å². The number of aliphatic hydroxyl groups excluding tert-OH is 1. The van der Waals surface area contributed by atoms with Crippen molar-refractivity contribution in [2.45, 2.75) is 57.0 Å². The van der Waals surface area contributed by atoms with E-state index in [-0.39, 0.29) is 36.2 Å². The first kappa shape index (κ1) is 24.4. The van der Waals surface area contributed by atoms with Crippen molar-refractivity contribution >= 4 is 19.9 Å². The van der Waals surface area contributed by atoms with Gasteiger partial charge in [-0.05, 0) is 80.2 Å². The lowest BCUT2D eigenvalue weighted by Crippen LogP contribution is -2.40. The minimum absolute atomic E-state index is 0.0491. The van der Waals surface area contributed by atoms with Crippen LogP contribution in [-0.2, 0) is 11.2 Å². The van der Waals surface area contributed by atoms with Crippen molar-refractivity contribution in [1.82, 2.24) is 0 Å². The number of carbonyl (C=O) groups excluding carboxylic acids is 1. The highest BCUT2D eigenvalue weighted by molar-refractivity contribution is 6.71. The number of nitrogens with one attached hydrogen (secondary N) is 1. The first-order valence-corrected chi connectivity index (χ1v) is 14.3. The number of hydrogen-bond acceptors (Lipinski definition) is 5. The van der Waals surface area contributed by atoms with Gasteiger partial charge in [0.2, 0.25) is 0 Å². The van der Waals surface area contributed by atoms with Crippen LogP contribution in [0.15, 0.2) is 48.5 Å². The van der Waals surface area contributed by atoms with E-state index in [1.807, 2.05) is 31.3 Å². The molecule has 4 atom stereocenters. The standard InChI is InChI=1S/C25H35NO5Si/c1-17-22(31-23(14-15-27)24(17)32(3,4)29)13-8-18-6-5-7-20(16-18)26-25(28)19-9-11-21(30-2)12-10-19/h5-7,9-12,16-17,22-24,27,29H,8,13-15H2,1-4H3,(H,26,28)/t17-,22+,23-,24+/m0/s1. The van der Waals surface area contributed by atoms with Crippen LogP contribution in [0.1, 0.15) is 35.7 Å². The van der Waals surface area contributed by atoms with E-state index < -0.39 is 8.32 Å². The van der Waals surface area contributed by atoms with Gasteiger partial charge in [-0.1, -0.05) is 19.1 Å². The average molecular weight is 458 g/mol. The fourth-order valence-corrected chi connectivity index (χ4v) is 7.52. The highest BCUT2D eigenvalue weighted by Gasteiger charge is 2.49. The van der Waals surface area contributed by atoms with Crippen LogP contribution in [0.4, 0.5) is 5.69 Å². The molecular weight excluding hydrogens is 422 g/mol. The summed E-state index contributed by atoms with van der Waals surface area (Å²) in [5.74, 6) is 0.793. The SMILES string of the molecule is COc1ccc(C(=O)Nc2cccc(CC[C@H]3O[C@@H](CCO)[C@H]([Si](C)(C)O)[C@H]3C)c2)cc1. The fraction of sp³-hybridized carbons (Fsp3) is 0.480. The molecule has 1 aliphatic heterocycles. The molecule has 0 radical (unpaired) electrons. The van der Waals surface area contributed by atoms with E-state index in [9.17, 15) is 14.7 Å². The van der Waals surface area contributed by atoms with E-state index >= 15 is 0 Å². The molecule has 3 rings (SSSR count). The van der Waals surface area contributed by atoms with Crippen molar-refractivity contribution in [3.05, 3.63) is 59.7 Å². The zero-order valence-electron chi connectivity index (χ0n) is 19.4. The monoisotopic (exact) mass is 457 g/mol. The number of anilines is 1. The minimum atomic E-state index is -2.39. The van der Waals surface area contributed by atoms with Crippen LogP contribution in [-0.4, -0.2) is 50.1 Å². The van der Waals surface area contributed by atoms with Gasteiger partial charge < -0.3 is 24.7 Å². The van der Waals surface area contributed by atoms with Gasteiger partial charge in [0, 0.05) is 23.4 Å². The summed E-state index contributed by atoms with van der Waals surface area (Å²) in [4.78, 5) is 23.3. The highest BCUT2D eigenvalue weighted by Crippen LogP contribution is 2.45. The number of aryl methyl sites for hydroxylation is 1. The maximum atomic E-state index is 12.6. The molecule has 0 aliphatic carbocycles. The zero-order chi connectivity index (χ0) is 23.3. The lowest BCUT2D eigenvalue weighted by Gasteiger charge is -2.30. The van der Waals surface area contributed by atoms with Gasteiger partial charge >= 0.3 is 0 Å². The molecule has 1 saturated heterocycles. The van der Waals surface area contributed by atoms with Gasteiger partial charge in [0.15, 0.2) is 8.32 Å². The van der Waals surface area contributed by atoms with Crippen LogP contribution in [0, 0.1) is 5.92 Å². The molecule has 6 nitrogen and oxygen atoms in total. The van der Waals surface area contributed by atoms with Gasteiger partial charge in [0.25, 0.3) is 5.91 Å². The summed E-state index contributed by atoms with van der Waals surface area (Å²) >= 11 is 0. The van der Waals surface area contributed by atoms with Gasteiger partial charge in [-0.2, -0.15) is 0 Å². The molecule has 0 unspecified atom stereocenters. The minimum Gasteiger partial charge on any atom is -0.497 e. The van der Waals surface area contributed by atoms with E-state index in [1.54, 1.807) is 31.4 Å². The molecule has 2 aromatic rings. The summed E-state index contributed by atoms with van der Waals surface area (Å²) in [5, 5.41) is 12.4. The third-order valence-electron chi connectivity index (χ3n) is 6.39. The molecule has 0 bridgehead atoms. The number of carbonyl (C=O) groups is 1. The Kier molecular flexibility index (Phi) is 8.11. The molecule has 7 heteroatoms. The predicted molar refractivity (Wildman–Crippen MR) is 129 cm³/mol. The van der Waals surface area contributed by atoms with Crippen LogP contribution < -0.4 is 10.1 Å². The molecule has 0 saturated carbocycles. The van der Waals surface area contributed by atoms with Crippen LogP contribution >= 0.6 is 0 Å². The summed E-state index contributed by atoms with van der Waals surface area (Å²) in [7, 11) is -0.800. The molecule has 1 fully saturated rings. The number of aliphatic hydroxyl groups is 1. The molecule has 2 aromatic carbocycles. The Morgan fingerprint density at radius 2 is 1.84 bits per heavy atom.